The van der Waals surface area contributed by atoms with Crippen molar-refractivity contribution in [3.63, 3.8) is 0 Å². The molecule has 0 radical (unpaired) electrons. The van der Waals surface area contributed by atoms with E-state index >= 15 is 0 Å². The Bertz CT molecular complexity index is 442. The summed E-state index contributed by atoms with van der Waals surface area (Å²) in [5.74, 6) is 0.157. The molecule has 0 atom stereocenters. The van der Waals surface area contributed by atoms with Crippen LogP contribution in [0.3, 0.4) is 0 Å². The number of nitrogens with one attached hydrogen (secondary N) is 1. The van der Waals surface area contributed by atoms with E-state index in [4.69, 9.17) is 28.9 Å². The van der Waals surface area contributed by atoms with Crippen LogP contribution in [0.15, 0.2) is 6.07 Å². The number of halogens is 2. The third kappa shape index (κ3) is 4.58. The fourth-order valence-electron chi connectivity index (χ4n) is 1.95. The molecule has 0 bridgehead atoms. The van der Waals surface area contributed by atoms with Crippen LogP contribution in [0.1, 0.15) is 12.8 Å². The lowest BCUT2D eigenvalue weighted by atomic mass is 10.1. The number of carbonyl (C=O) groups is 1. The molecular weight excluding hydrogens is 289 g/mol. The maximum absolute atomic E-state index is 11.9. The molecule has 1 amide bonds. The summed E-state index contributed by atoms with van der Waals surface area (Å²) < 4.78 is 0. The van der Waals surface area contributed by atoms with E-state index in [0.717, 1.165) is 25.9 Å². The number of aromatic nitrogens is 2. The van der Waals surface area contributed by atoms with Gasteiger partial charge >= 0.3 is 0 Å². The van der Waals surface area contributed by atoms with Crippen molar-refractivity contribution in [2.75, 3.05) is 25.0 Å². The summed E-state index contributed by atoms with van der Waals surface area (Å²) in [6.45, 7) is 1.98. The van der Waals surface area contributed by atoms with E-state index in [1.165, 1.54) is 6.07 Å². The van der Waals surface area contributed by atoms with E-state index < -0.39 is 0 Å². The van der Waals surface area contributed by atoms with Crippen LogP contribution in [-0.4, -0.2) is 46.5 Å². The molecule has 19 heavy (non-hydrogen) atoms. The summed E-state index contributed by atoms with van der Waals surface area (Å²) in [5, 5.41) is 2.85. The first-order chi connectivity index (χ1) is 9.02. The summed E-state index contributed by atoms with van der Waals surface area (Å²) >= 11 is 11.4. The smallest absolute Gasteiger partial charge is 0.239 e. The first kappa shape index (κ1) is 14.5. The topological polar surface area (TPSA) is 84.1 Å². The van der Waals surface area contributed by atoms with Crippen molar-refractivity contribution in [3.05, 3.63) is 16.5 Å². The molecule has 8 heteroatoms. The normalized spacial score (nSPS) is 17.4. The Hall–Kier alpha value is -0.950. The lowest BCUT2D eigenvalue weighted by Crippen LogP contribution is -2.43. The third-order valence-corrected chi connectivity index (χ3v) is 3.30. The van der Waals surface area contributed by atoms with Gasteiger partial charge in [0.05, 0.1) is 6.54 Å². The van der Waals surface area contributed by atoms with E-state index in [9.17, 15) is 4.79 Å². The molecule has 0 spiro atoms. The molecule has 3 N–H and O–H groups in total. The molecule has 0 saturated carbocycles. The van der Waals surface area contributed by atoms with Crippen molar-refractivity contribution >= 4 is 34.9 Å². The van der Waals surface area contributed by atoms with Crippen LogP contribution in [0, 0.1) is 0 Å². The molecule has 1 aliphatic rings. The molecule has 6 nitrogen and oxygen atoms in total. The number of amides is 1. The van der Waals surface area contributed by atoms with Gasteiger partial charge in [0.15, 0.2) is 0 Å². The maximum Gasteiger partial charge on any atom is 0.239 e. The summed E-state index contributed by atoms with van der Waals surface area (Å²) in [7, 11) is 0. The van der Waals surface area contributed by atoms with Gasteiger partial charge in [0.1, 0.15) is 11.0 Å². The quantitative estimate of drug-likeness (QED) is 0.646. The monoisotopic (exact) mass is 303 g/mol. The zero-order chi connectivity index (χ0) is 13.8. The summed E-state index contributed by atoms with van der Waals surface area (Å²) in [5.41, 5.74) is 5.81. The van der Waals surface area contributed by atoms with E-state index in [0.29, 0.717) is 12.4 Å². The number of carbonyl (C=O) groups excluding carboxylic acids is 1. The van der Waals surface area contributed by atoms with E-state index in [-0.39, 0.29) is 22.4 Å². The Labute approximate surface area is 121 Å². The largest absolute Gasteiger partial charge is 0.328 e. The van der Waals surface area contributed by atoms with Crippen LogP contribution in [-0.2, 0) is 4.79 Å². The second kappa shape index (κ2) is 6.47. The van der Waals surface area contributed by atoms with E-state index in [1.54, 1.807) is 0 Å². The van der Waals surface area contributed by atoms with Gasteiger partial charge in [0.25, 0.3) is 0 Å². The summed E-state index contributed by atoms with van der Waals surface area (Å²) in [6, 6.07) is 1.70. The average molecular weight is 304 g/mol. The van der Waals surface area contributed by atoms with Gasteiger partial charge in [0.2, 0.25) is 11.2 Å². The van der Waals surface area contributed by atoms with Crippen LogP contribution in [0.25, 0.3) is 0 Å². The zero-order valence-corrected chi connectivity index (χ0v) is 11.8. The summed E-state index contributed by atoms with van der Waals surface area (Å²) in [6.07, 6.45) is 1.83. The number of nitrogens with zero attached hydrogens (tertiary/aromatic N) is 3. The van der Waals surface area contributed by atoms with Gasteiger partial charge in [-0.25, -0.2) is 9.97 Å². The molecule has 1 aromatic heterocycles. The molecule has 0 unspecified atom stereocenters. The highest BCUT2D eigenvalue weighted by Crippen LogP contribution is 2.14. The maximum atomic E-state index is 11.9. The van der Waals surface area contributed by atoms with E-state index in [2.05, 4.69) is 20.2 Å². The minimum atomic E-state index is -0.152. The minimum Gasteiger partial charge on any atom is -0.328 e. The van der Waals surface area contributed by atoms with Crippen LogP contribution >= 0.6 is 23.2 Å². The Balaban J connectivity index is 1.87. The second-order valence-electron chi connectivity index (χ2n) is 4.51. The van der Waals surface area contributed by atoms with Crippen molar-refractivity contribution in [1.29, 1.82) is 0 Å². The van der Waals surface area contributed by atoms with Crippen molar-refractivity contribution in [2.24, 2.45) is 5.73 Å². The number of nitrogens with two attached hydrogens (primary N) is 1. The molecule has 1 aromatic rings. The lowest BCUT2D eigenvalue weighted by molar-refractivity contribution is -0.117. The molecule has 1 fully saturated rings. The standard InChI is InChI=1S/C11H15Cl2N5O/c12-8-5-9(17-11(13)15-8)16-10(19)6-18-3-1-7(14)2-4-18/h5,7H,1-4,6,14H2,(H,15,16,17,19). The molecule has 2 rings (SSSR count). The molecule has 104 valence electrons. The molecule has 0 aromatic carbocycles. The highest BCUT2D eigenvalue weighted by atomic mass is 35.5. The van der Waals surface area contributed by atoms with Gasteiger partial charge in [-0.2, -0.15) is 0 Å². The van der Waals surface area contributed by atoms with Crippen LogP contribution in [0.4, 0.5) is 5.82 Å². The highest BCUT2D eigenvalue weighted by Gasteiger charge is 2.18. The molecule has 0 aliphatic carbocycles. The van der Waals surface area contributed by atoms with Gasteiger partial charge in [-0.05, 0) is 24.4 Å². The minimum absolute atomic E-state index is 0.00625. The zero-order valence-electron chi connectivity index (χ0n) is 10.3. The van der Waals surface area contributed by atoms with Gasteiger partial charge < -0.3 is 11.1 Å². The highest BCUT2D eigenvalue weighted by molar-refractivity contribution is 6.32. The SMILES string of the molecule is NC1CCN(CC(=O)Nc2cc(Cl)nc(Cl)n2)CC1. The fourth-order valence-corrected chi connectivity index (χ4v) is 2.36. The first-order valence-corrected chi connectivity index (χ1v) is 6.76. The second-order valence-corrected chi connectivity index (χ2v) is 5.23. The number of hydrogen-bond donors (Lipinski definition) is 2. The molecule has 1 aliphatic heterocycles. The van der Waals surface area contributed by atoms with Crippen LogP contribution in [0.2, 0.25) is 10.4 Å². The number of likely N-dealkylation sites (tertiary alicyclic amines) is 1. The van der Waals surface area contributed by atoms with Crippen molar-refractivity contribution < 1.29 is 4.79 Å². The van der Waals surface area contributed by atoms with Crippen molar-refractivity contribution in [3.8, 4) is 0 Å². The summed E-state index contributed by atoms with van der Waals surface area (Å²) in [4.78, 5) is 21.5. The van der Waals surface area contributed by atoms with Crippen LogP contribution < -0.4 is 11.1 Å². The Morgan fingerprint density at radius 2 is 2.11 bits per heavy atom. The molecule has 1 saturated heterocycles. The Kier molecular flexibility index (Phi) is 4.93. The molecular formula is C11H15Cl2N5O. The predicted octanol–water partition coefficient (Wildman–Crippen LogP) is 1.14. The van der Waals surface area contributed by atoms with Gasteiger partial charge in [-0.1, -0.05) is 11.6 Å². The Morgan fingerprint density at radius 3 is 2.74 bits per heavy atom. The van der Waals surface area contributed by atoms with E-state index in [1.807, 2.05) is 0 Å². The Morgan fingerprint density at radius 1 is 1.42 bits per heavy atom. The lowest BCUT2D eigenvalue weighted by Gasteiger charge is -2.29. The third-order valence-electron chi connectivity index (χ3n) is 2.93. The van der Waals surface area contributed by atoms with Gasteiger partial charge in [-0.15, -0.1) is 0 Å². The number of rotatable bonds is 3. The fraction of sp³-hybridized carbons (Fsp3) is 0.545. The number of anilines is 1. The average Bonchev–Trinajstić information content (AvgIpc) is 2.30. The predicted molar refractivity (Wildman–Crippen MR) is 74.3 cm³/mol. The number of piperidine rings is 1. The van der Waals surface area contributed by atoms with Gasteiger partial charge in [0, 0.05) is 25.2 Å². The van der Waals surface area contributed by atoms with Crippen LogP contribution in [0.5, 0.6) is 0 Å². The van der Waals surface area contributed by atoms with Crippen molar-refractivity contribution in [1.82, 2.24) is 14.9 Å². The first-order valence-electron chi connectivity index (χ1n) is 6.01. The number of hydrogen-bond acceptors (Lipinski definition) is 5. The van der Waals surface area contributed by atoms with Gasteiger partial charge in [-0.3, -0.25) is 9.69 Å². The van der Waals surface area contributed by atoms with Crippen molar-refractivity contribution in [2.45, 2.75) is 18.9 Å². The molecule has 2 heterocycles.